The molecule has 1 rings (SSSR count). The first kappa shape index (κ1) is 11.7. The van der Waals surface area contributed by atoms with Crippen LogP contribution in [0.1, 0.15) is 17.5 Å². The third kappa shape index (κ3) is 4.61. The maximum absolute atomic E-state index is 11.4. The maximum atomic E-state index is 11.4. The first-order chi connectivity index (χ1) is 7.08. The highest BCUT2D eigenvalue weighted by atomic mass is 16.2. The van der Waals surface area contributed by atoms with Crippen molar-refractivity contribution < 1.29 is 4.79 Å². The van der Waals surface area contributed by atoms with E-state index in [1.165, 1.54) is 11.1 Å². The Labute approximate surface area is 91.1 Å². The second-order valence-electron chi connectivity index (χ2n) is 3.92. The SMILES string of the molecule is Cc1cccc(CCC(=O)NN(C)C)c1. The summed E-state index contributed by atoms with van der Waals surface area (Å²) in [6.45, 7) is 2.06. The topological polar surface area (TPSA) is 32.3 Å². The highest BCUT2D eigenvalue weighted by Gasteiger charge is 2.02. The average molecular weight is 206 g/mol. The third-order valence-corrected chi connectivity index (χ3v) is 2.07. The number of amides is 1. The van der Waals surface area contributed by atoms with Gasteiger partial charge in [-0.3, -0.25) is 10.2 Å². The van der Waals surface area contributed by atoms with Crippen LogP contribution in [0.5, 0.6) is 0 Å². The molecule has 0 heterocycles. The summed E-state index contributed by atoms with van der Waals surface area (Å²) < 4.78 is 0. The van der Waals surface area contributed by atoms with Crippen LogP contribution in [0.2, 0.25) is 0 Å². The molecule has 0 spiro atoms. The third-order valence-electron chi connectivity index (χ3n) is 2.07. The minimum absolute atomic E-state index is 0.0570. The summed E-state index contributed by atoms with van der Waals surface area (Å²) in [5.74, 6) is 0.0570. The predicted octanol–water partition coefficient (Wildman–Crippen LogP) is 1.52. The molecule has 3 heteroatoms. The van der Waals surface area contributed by atoms with E-state index in [1.807, 2.05) is 20.2 Å². The summed E-state index contributed by atoms with van der Waals surface area (Å²) >= 11 is 0. The van der Waals surface area contributed by atoms with Crippen molar-refractivity contribution in [3.63, 3.8) is 0 Å². The molecule has 1 amide bonds. The smallest absolute Gasteiger partial charge is 0.234 e. The number of nitrogens with zero attached hydrogens (tertiary/aromatic N) is 1. The van der Waals surface area contributed by atoms with Crippen LogP contribution in [0, 0.1) is 6.92 Å². The van der Waals surface area contributed by atoms with Gasteiger partial charge in [0.15, 0.2) is 0 Å². The average Bonchev–Trinajstić information content (AvgIpc) is 2.14. The fourth-order valence-electron chi connectivity index (χ4n) is 1.43. The summed E-state index contributed by atoms with van der Waals surface area (Å²) in [5.41, 5.74) is 5.17. The second kappa shape index (κ2) is 5.51. The lowest BCUT2D eigenvalue weighted by atomic mass is 10.1. The van der Waals surface area contributed by atoms with E-state index in [2.05, 4.69) is 30.5 Å². The van der Waals surface area contributed by atoms with E-state index in [9.17, 15) is 4.79 Å². The number of hydrazine groups is 1. The number of hydrogen-bond acceptors (Lipinski definition) is 2. The predicted molar refractivity (Wildman–Crippen MR) is 61.3 cm³/mol. The van der Waals surface area contributed by atoms with Gasteiger partial charge in [0.05, 0.1) is 0 Å². The fraction of sp³-hybridized carbons (Fsp3) is 0.417. The Morgan fingerprint density at radius 2 is 2.13 bits per heavy atom. The van der Waals surface area contributed by atoms with Gasteiger partial charge in [0, 0.05) is 20.5 Å². The summed E-state index contributed by atoms with van der Waals surface area (Å²) in [4.78, 5) is 11.4. The van der Waals surface area contributed by atoms with Gasteiger partial charge in [0.25, 0.3) is 0 Å². The van der Waals surface area contributed by atoms with Crippen LogP contribution < -0.4 is 5.43 Å². The van der Waals surface area contributed by atoms with Crippen LogP contribution in [0.15, 0.2) is 24.3 Å². The number of nitrogens with one attached hydrogen (secondary N) is 1. The van der Waals surface area contributed by atoms with E-state index in [4.69, 9.17) is 0 Å². The van der Waals surface area contributed by atoms with E-state index in [0.717, 1.165) is 6.42 Å². The normalized spacial score (nSPS) is 10.4. The number of carbonyl (C=O) groups is 1. The van der Waals surface area contributed by atoms with Crippen molar-refractivity contribution >= 4 is 5.91 Å². The lowest BCUT2D eigenvalue weighted by molar-refractivity contribution is -0.124. The minimum Gasteiger partial charge on any atom is -0.289 e. The number of carbonyl (C=O) groups excluding carboxylic acids is 1. The second-order valence-corrected chi connectivity index (χ2v) is 3.92. The molecule has 1 aromatic carbocycles. The first-order valence-corrected chi connectivity index (χ1v) is 5.10. The zero-order chi connectivity index (χ0) is 11.3. The molecule has 0 bridgehead atoms. The Kier molecular flexibility index (Phi) is 4.31. The van der Waals surface area contributed by atoms with Crippen LogP contribution in [0.3, 0.4) is 0 Å². The van der Waals surface area contributed by atoms with Crippen LogP contribution >= 0.6 is 0 Å². The van der Waals surface area contributed by atoms with Gasteiger partial charge in [-0.15, -0.1) is 0 Å². The standard InChI is InChI=1S/C12H18N2O/c1-10-5-4-6-11(9-10)7-8-12(15)13-14(2)3/h4-6,9H,7-8H2,1-3H3,(H,13,15). The van der Waals surface area contributed by atoms with Gasteiger partial charge in [-0.05, 0) is 18.9 Å². The number of benzene rings is 1. The maximum Gasteiger partial charge on any atom is 0.234 e. The molecule has 0 aromatic heterocycles. The monoisotopic (exact) mass is 206 g/mol. The molecule has 0 aliphatic heterocycles. The van der Waals surface area contributed by atoms with Crippen molar-refractivity contribution in [3.8, 4) is 0 Å². The molecule has 0 aliphatic carbocycles. The summed E-state index contributed by atoms with van der Waals surface area (Å²) in [6, 6.07) is 8.25. The highest BCUT2D eigenvalue weighted by molar-refractivity contribution is 5.75. The Morgan fingerprint density at radius 1 is 1.40 bits per heavy atom. The molecule has 3 nitrogen and oxygen atoms in total. The number of aryl methyl sites for hydroxylation is 2. The van der Waals surface area contributed by atoms with E-state index in [-0.39, 0.29) is 5.91 Å². The lowest BCUT2D eigenvalue weighted by Crippen LogP contribution is -2.36. The minimum atomic E-state index is 0.0570. The molecule has 0 saturated heterocycles. The van der Waals surface area contributed by atoms with Gasteiger partial charge >= 0.3 is 0 Å². The van der Waals surface area contributed by atoms with Gasteiger partial charge in [-0.25, -0.2) is 5.01 Å². The van der Waals surface area contributed by atoms with Crippen LogP contribution in [-0.4, -0.2) is 25.0 Å². The van der Waals surface area contributed by atoms with Crippen molar-refractivity contribution in [1.29, 1.82) is 0 Å². The van der Waals surface area contributed by atoms with Crippen LogP contribution in [-0.2, 0) is 11.2 Å². The molecular weight excluding hydrogens is 188 g/mol. The van der Waals surface area contributed by atoms with Crippen molar-refractivity contribution in [3.05, 3.63) is 35.4 Å². The molecule has 1 N–H and O–H groups in total. The Morgan fingerprint density at radius 3 is 2.73 bits per heavy atom. The molecule has 1 aromatic rings. The Bertz CT molecular complexity index is 334. The molecule has 0 aliphatic rings. The van der Waals surface area contributed by atoms with Gasteiger partial charge < -0.3 is 0 Å². The zero-order valence-electron chi connectivity index (χ0n) is 9.58. The van der Waals surface area contributed by atoms with Gasteiger partial charge in [0.1, 0.15) is 0 Å². The molecule has 15 heavy (non-hydrogen) atoms. The fourth-order valence-corrected chi connectivity index (χ4v) is 1.43. The van der Waals surface area contributed by atoms with E-state index in [0.29, 0.717) is 6.42 Å². The number of rotatable bonds is 4. The number of hydrogen-bond donors (Lipinski definition) is 1. The van der Waals surface area contributed by atoms with Crippen molar-refractivity contribution in [1.82, 2.24) is 10.4 Å². The van der Waals surface area contributed by atoms with Crippen molar-refractivity contribution in [2.45, 2.75) is 19.8 Å². The zero-order valence-corrected chi connectivity index (χ0v) is 9.58. The highest BCUT2D eigenvalue weighted by Crippen LogP contribution is 2.06. The summed E-state index contributed by atoms with van der Waals surface area (Å²) in [6.07, 6.45) is 1.32. The van der Waals surface area contributed by atoms with E-state index in [1.54, 1.807) is 5.01 Å². The molecule has 0 unspecified atom stereocenters. The molecule has 0 radical (unpaired) electrons. The van der Waals surface area contributed by atoms with Crippen molar-refractivity contribution in [2.24, 2.45) is 0 Å². The van der Waals surface area contributed by atoms with Gasteiger partial charge in [-0.2, -0.15) is 0 Å². The Balaban J connectivity index is 2.40. The largest absolute Gasteiger partial charge is 0.289 e. The summed E-state index contributed by atoms with van der Waals surface area (Å²) in [5, 5.41) is 1.67. The van der Waals surface area contributed by atoms with E-state index < -0.39 is 0 Å². The van der Waals surface area contributed by atoms with Crippen LogP contribution in [0.4, 0.5) is 0 Å². The van der Waals surface area contributed by atoms with Crippen LogP contribution in [0.25, 0.3) is 0 Å². The molecule has 0 atom stereocenters. The molecule has 0 saturated carbocycles. The first-order valence-electron chi connectivity index (χ1n) is 5.10. The van der Waals surface area contributed by atoms with Crippen molar-refractivity contribution in [2.75, 3.05) is 14.1 Å². The van der Waals surface area contributed by atoms with Gasteiger partial charge in [-0.1, -0.05) is 29.8 Å². The molecule has 0 fully saturated rings. The van der Waals surface area contributed by atoms with Gasteiger partial charge in [0.2, 0.25) is 5.91 Å². The van der Waals surface area contributed by atoms with E-state index >= 15 is 0 Å². The summed E-state index contributed by atoms with van der Waals surface area (Å²) in [7, 11) is 3.62. The molecular formula is C12H18N2O. The Hall–Kier alpha value is -1.35. The molecule has 82 valence electrons. The quantitative estimate of drug-likeness (QED) is 0.758. The lowest BCUT2D eigenvalue weighted by Gasteiger charge is -2.11.